The Kier molecular flexibility index (Phi) is 5.09. The number of hydrogen-bond donors (Lipinski definition) is 1. The summed E-state index contributed by atoms with van der Waals surface area (Å²) < 4.78 is 40.7. The molecule has 122 valence electrons. The number of nitrogens with zero attached hydrogens (tertiary/aromatic N) is 1. The molecule has 0 radical (unpaired) electrons. The van der Waals surface area contributed by atoms with E-state index >= 15 is 0 Å². The summed E-state index contributed by atoms with van der Waals surface area (Å²) >= 11 is 5.95. The minimum absolute atomic E-state index is 0.0137. The van der Waals surface area contributed by atoms with Gasteiger partial charge in [0.05, 0.1) is 10.7 Å². The van der Waals surface area contributed by atoms with Gasteiger partial charge in [-0.1, -0.05) is 18.5 Å². The molecule has 1 atom stereocenters. The molecule has 0 unspecified atom stereocenters. The third-order valence-corrected chi connectivity index (χ3v) is 5.76. The van der Waals surface area contributed by atoms with Crippen LogP contribution in [0, 0.1) is 11.7 Å². The molecule has 1 aromatic rings. The highest BCUT2D eigenvalue weighted by Gasteiger charge is 2.31. The van der Waals surface area contributed by atoms with Gasteiger partial charge >= 0.3 is 0 Å². The van der Waals surface area contributed by atoms with E-state index < -0.39 is 26.6 Å². The maximum atomic E-state index is 14.2. The van der Waals surface area contributed by atoms with Crippen LogP contribution < -0.4 is 5.32 Å². The van der Waals surface area contributed by atoms with Crippen LogP contribution in [0.1, 0.15) is 26.7 Å². The molecule has 1 aromatic carbocycles. The second-order valence-corrected chi connectivity index (χ2v) is 7.87. The molecule has 8 heteroatoms. The molecule has 1 saturated heterocycles. The third kappa shape index (κ3) is 3.59. The van der Waals surface area contributed by atoms with Gasteiger partial charge < -0.3 is 5.32 Å². The number of carbonyl (C=O) groups is 1. The van der Waals surface area contributed by atoms with Crippen molar-refractivity contribution >= 4 is 33.2 Å². The fourth-order valence-corrected chi connectivity index (χ4v) is 4.46. The van der Waals surface area contributed by atoms with E-state index in [-0.39, 0.29) is 16.6 Å². The Bertz CT molecular complexity index is 694. The fraction of sp³-hybridized carbons (Fsp3) is 0.500. The van der Waals surface area contributed by atoms with Crippen molar-refractivity contribution in [3.63, 3.8) is 0 Å². The standard InChI is InChI=1S/C14H18ClFN2O3S/c1-9-4-3-5-18(8-9)22(20,21)14-6-11(15)13(7-12(14)16)17-10(2)19/h6-7,9H,3-5,8H2,1-2H3,(H,17,19)/t9-/m1/s1. The number of piperidine rings is 1. The van der Waals surface area contributed by atoms with Crippen molar-refractivity contribution in [2.24, 2.45) is 5.92 Å². The van der Waals surface area contributed by atoms with Gasteiger partial charge in [0.2, 0.25) is 15.9 Å². The van der Waals surface area contributed by atoms with E-state index in [1.54, 1.807) is 0 Å². The van der Waals surface area contributed by atoms with Crippen LogP contribution in [0.3, 0.4) is 0 Å². The van der Waals surface area contributed by atoms with E-state index in [4.69, 9.17) is 11.6 Å². The van der Waals surface area contributed by atoms with Gasteiger partial charge in [0.15, 0.2) is 0 Å². The van der Waals surface area contributed by atoms with E-state index in [1.807, 2.05) is 6.92 Å². The van der Waals surface area contributed by atoms with Crippen molar-refractivity contribution in [3.05, 3.63) is 23.0 Å². The Morgan fingerprint density at radius 3 is 2.73 bits per heavy atom. The smallest absolute Gasteiger partial charge is 0.246 e. The molecule has 1 N–H and O–H groups in total. The summed E-state index contributed by atoms with van der Waals surface area (Å²) in [5.41, 5.74) is 0.0534. The Balaban J connectivity index is 2.39. The molecule has 1 aliphatic rings. The van der Waals surface area contributed by atoms with Gasteiger partial charge in [0.25, 0.3) is 0 Å². The van der Waals surface area contributed by atoms with Crippen molar-refractivity contribution in [3.8, 4) is 0 Å². The number of anilines is 1. The number of hydrogen-bond acceptors (Lipinski definition) is 3. The minimum atomic E-state index is -3.93. The zero-order valence-corrected chi connectivity index (χ0v) is 14.0. The molecule has 1 amide bonds. The lowest BCUT2D eigenvalue weighted by molar-refractivity contribution is -0.114. The minimum Gasteiger partial charge on any atom is -0.325 e. The van der Waals surface area contributed by atoms with E-state index in [2.05, 4.69) is 5.32 Å². The lowest BCUT2D eigenvalue weighted by Crippen LogP contribution is -2.39. The maximum Gasteiger partial charge on any atom is 0.246 e. The van der Waals surface area contributed by atoms with Crippen LogP contribution in [0.4, 0.5) is 10.1 Å². The van der Waals surface area contributed by atoms with Crippen molar-refractivity contribution in [1.82, 2.24) is 4.31 Å². The summed E-state index contributed by atoms with van der Waals surface area (Å²) in [5.74, 6) is -1.10. The van der Waals surface area contributed by atoms with Crippen molar-refractivity contribution in [2.75, 3.05) is 18.4 Å². The predicted octanol–water partition coefficient (Wildman–Crippen LogP) is 2.86. The van der Waals surface area contributed by atoms with Gasteiger partial charge in [-0.2, -0.15) is 4.31 Å². The maximum absolute atomic E-state index is 14.2. The molecule has 5 nitrogen and oxygen atoms in total. The highest BCUT2D eigenvalue weighted by Crippen LogP contribution is 2.31. The molecule has 0 bridgehead atoms. The zero-order chi connectivity index (χ0) is 16.5. The normalized spacial score (nSPS) is 19.9. The number of amides is 1. The largest absolute Gasteiger partial charge is 0.325 e. The van der Waals surface area contributed by atoms with E-state index in [0.717, 1.165) is 25.0 Å². The quantitative estimate of drug-likeness (QED) is 0.913. The summed E-state index contributed by atoms with van der Waals surface area (Å²) in [7, 11) is -3.93. The lowest BCUT2D eigenvalue weighted by atomic mass is 10.0. The number of rotatable bonds is 3. The van der Waals surface area contributed by atoms with Crippen LogP contribution in [0.15, 0.2) is 17.0 Å². The number of sulfonamides is 1. The zero-order valence-electron chi connectivity index (χ0n) is 12.4. The summed E-state index contributed by atoms with van der Waals surface area (Å²) in [5, 5.41) is 2.35. The SMILES string of the molecule is CC(=O)Nc1cc(F)c(S(=O)(=O)N2CCC[C@@H](C)C2)cc1Cl. The number of carbonyl (C=O) groups excluding carboxylic acids is 1. The topological polar surface area (TPSA) is 66.5 Å². The second kappa shape index (κ2) is 6.52. The molecule has 0 aliphatic carbocycles. The van der Waals surface area contributed by atoms with Crippen molar-refractivity contribution in [2.45, 2.75) is 31.6 Å². The van der Waals surface area contributed by atoms with Gasteiger partial charge in [0.1, 0.15) is 10.7 Å². The fourth-order valence-electron chi connectivity index (χ4n) is 2.52. The average molecular weight is 349 g/mol. The first kappa shape index (κ1) is 17.2. The molecule has 22 heavy (non-hydrogen) atoms. The molecule has 0 aromatic heterocycles. The summed E-state index contributed by atoms with van der Waals surface area (Å²) in [6, 6.07) is 1.99. The second-order valence-electron chi connectivity index (χ2n) is 5.55. The van der Waals surface area contributed by atoms with Gasteiger partial charge in [0, 0.05) is 26.1 Å². The number of benzene rings is 1. The third-order valence-electron chi connectivity index (χ3n) is 3.57. The molecular formula is C14H18ClFN2O3S. The predicted molar refractivity (Wildman–Crippen MR) is 82.9 cm³/mol. The Labute approximate surface area is 134 Å². The summed E-state index contributed by atoms with van der Waals surface area (Å²) in [6.45, 7) is 3.96. The molecule has 1 fully saturated rings. The molecular weight excluding hydrogens is 331 g/mol. The highest BCUT2D eigenvalue weighted by molar-refractivity contribution is 7.89. The van der Waals surface area contributed by atoms with E-state index in [9.17, 15) is 17.6 Å². The molecule has 0 saturated carbocycles. The van der Waals surface area contributed by atoms with Crippen LogP contribution in [0.5, 0.6) is 0 Å². The van der Waals surface area contributed by atoms with Gasteiger partial charge in [-0.05, 0) is 24.8 Å². The molecule has 2 rings (SSSR count). The lowest BCUT2D eigenvalue weighted by Gasteiger charge is -2.30. The van der Waals surface area contributed by atoms with Gasteiger partial charge in [-0.3, -0.25) is 4.79 Å². The Morgan fingerprint density at radius 2 is 2.14 bits per heavy atom. The van der Waals surface area contributed by atoms with Crippen LogP contribution in [0.25, 0.3) is 0 Å². The van der Waals surface area contributed by atoms with Crippen LogP contribution in [-0.4, -0.2) is 31.7 Å². The molecule has 1 heterocycles. The average Bonchev–Trinajstić information content (AvgIpc) is 2.41. The first-order valence-corrected chi connectivity index (χ1v) is 8.80. The summed E-state index contributed by atoms with van der Waals surface area (Å²) in [6.07, 6.45) is 1.70. The Hall–Kier alpha value is -1.18. The van der Waals surface area contributed by atoms with Gasteiger partial charge in [-0.25, -0.2) is 12.8 Å². The first-order chi connectivity index (χ1) is 10.2. The number of halogens is 2. The van der Waals surface area contributed by atoms with Crippen molar-refractivity contribution < 1.29 is 17.6 Å². The number of nitrogens with one attached hydrogen (secondary N) is 1. The Morgan fingerprint density at radius 1 is 1.45 bits per heavy atom. The molecule has 1 aliphatic heterocycles. The summed E-state index contributed by atoms with van der Waals surface area (Å²) in [4.78, 5) is 10.6. The highest BCUT2D eigenvalue weighted by atomic mass is 35.5. The van der Waals surface area contributed by atoms with Gasteiger partial charge in [-0.15, -0.1) is 0 Å². The van der Waals surface area contributed by atoms with Crippen LogP contribution in [-0.2, 0) is 14.8 Å². The van der Waals surface area contributed by atoms with E-state index in [1.165, 1.54) is 11.2 Å². The van der Waals surface area contributed by atoms with E-state index in [0.29, 0.717) is 13.1 Å². The molecule has 0 spiro atoms. The first-order valence-electron chi connectivity index (χ1n) is 6.98. The van der Waals surface area contributed by atoms with Crippen LogP contribution >= 0.6 is 11.6 Å². The van der Waals surface area contributed by atoms with Crippen LogP contribution in [0.2, 0.25) is 5.02 Å². The van der Waals surface area contributed by atoms with Crippen molar-refractivity contribution in [1.29, 1.82) is 0 Å². The monoisotopic (exact) mass is 348 g/mol.